The Morgan fingerprint density at radius 3 is 2.33 bits per heavy atom. The van der Waals surface area contributed by atoms with Gasteiger partial charge in [-0.2, -0.15) is 0 Å². The molecule has 0 spiro atoms. The molecule has 1 rings (SSSR count). The van der Waals surface area contributed by atoms with E-state index in [4.69, 9.17) is 5.73 Å². The van der Waals surface area contributed by atoms with Gasteiger partial charge in [-0.1, -0.05) is 15.9 Å². The molecule has 0 bridgehead atoms. The van der Waals surface area contributed by atoms with Crippen LogP contribution in [0.5, 0.6) is 0 Å². The van der Waals surface area contributed by atoms with E-state index in [1.54, 1.807) is 26.0 Å². The molecule has 4 N–H and O–H groups in total. The van der Waals surface area contributed by atoms with E-state index in [0.29, 0.717) is 5.69 Å². The summed E-state index contributed by atoms with van der Waals surface area (Å²) in [6.45, 7) is 3.27. The van der Waals surface area contributed by atoms with Gasteiger partial charge in [0.15, 0.2) is 0 Å². The number of nitrogens with one attached hydrogen (secondary N) is 2. The van der Waals surface area contributed by atoms with Crippen LogP contribution in [0, 0.1) is 0 Å². The minimum Gasteiger partial charge on any atom is -0.368 e. The Morgan fingerprint density at radius 1 is 1.28 bits per heavy atom. The molecule has 0 saturated heterocycles. The van der Waals surface area contributed by atoms with Crippen LogP contribution in [-0.2, 0) is 9.59 Å². The molecular formula is C12H16BrN3O2. The number of primary amides is 1. The smallest absolute Gasteiger partial charge is 0.238 e. The molecule has 0 aliphatic carbocycles. The number of hydrogen-bond donors (Lipinski definition) is 3. The van der Waals surface area contributed by atoms with E-state index in [1.165, 1.54) is 0 Å². The Balaban J connectivity index is 2.48. The van der Waals surface area contributed by atoms with Gasteiger partial charge in [0.1, 0.15) is 0 Å². The second-order valence-corrected chi connectivity index (χ2v) is 5.31. The van der Waals surface area contributed by atoms with Gasteiger partial charge in [0.05, 0.1) is 12.1 Å². The van der Waals surface area contributed by atoms with Crippen LogP contribution >= 0.6 is 15.9 Å². The molecule has 0 saturated carbocycles. The molecule has 98 valence electrons. The van der Waals surface area contributed by atoms with Crippen LogP contribution in [0.3, 0.4) is 0 Å². The highest BCUT2D eigenvalue weighted by Crippen LogP contribution is 2.13. The molecule has 5 nitrogen and oxygen atoms in total. The quantitative estimate of drug-likeness (QED) is 0.764. The predicted molar refractivity (Wildman–Crippen MR) is 74.0 cm³/mol. The number of carbonyl (C=O) groups excluding carboxylic acids is 2. The summed E-state index contributed by atoms with van der Waals surface area (Å²) >= 11 is 3.31. The van der Waals surface area contributed by atoms with Crippen molar-refractivity contribution in [2.75, 3.05) is 11.9 Å². The Morgan fingerprint density at radius 2 is 1.83 bits per heavy atom. The standard InChI is InChI=1S/C12H16BrN3O2/c1-12(2,11(14)18)15-7-10(17)16-9-5-3-8(13)4-6-9/h3-6,15H,7H2,1-2H3,(H2,14,18)(H,16,17). The summed E-state index contributed by atoms with van der Waals surface area (Å²) in [7, 11) is 0. The molecule has 1 aromatic carbocycles. The van der Waals surface area contributed by atoms with Crippen molar-refractivity contribution in [3.05, 3.63) is 28.7 Å². The van der Waals surface area contributed by atoms with Crippen molar-refractivity contribution in [3.63, 3.8) is 0 Å². The van der Waals surface area contributed by atoms with Crippen LogP contribution < -0.4 is 16.4 Å². The number of amides is 2. The average molecular weight is 314 g/mol. The van der Waals surface area contributed by atoms with Gasteiger partial charge in [0, 0.05) is 10.2 Å². The van der Waals surface area contributed by atoms with Crippen molar-refractivity contribution in [1.29, 1.82) is 0 Å². The normalized spacial score (nSPS) is 11.1. The van der Waals surface area contributed by atoms with Gasteiger partial charge in [0.25, 0.3) is 0 Å². The zero-order valence-corrected chi connectivity index (χ0v) is 11.9. The number of anilines is 1. The Hall–Kier alpha value is -1.40. The van der Waals surface area contributed by atoms with Crippen LogP contribution in [0.15, 0.2) is 28.7 Å². The summed E-state index contributed by atoms with van der Waals surface area (Å²) in [5.41, 5.74) is 4.98. The second kappa shape index (κ2) is 5.97. The predicted octanol–water partition coefficient (Wildman–Crippen LogP) is 1.24. The van der Waals surface area contributed by atoms with Crippen LogP contribution in [0.4, 0.5) is 5.69 Å². The summed E-state index contributed by atoms with van der Waals surface area (Å²) in [5, 5.41) is 5.50. The highest BCUT2D eigenvalue weighted by atomic mass is 79.9. The number of halogens is 1. The van der Waals surface area contributed by atoms with Crippen LogP contribution in [0.1, 0.15) is 13.8 Å². The minimum absolute atomic E-state index is 0.0198. The summed E-state index contributed by atoms with van der Waals surface area (Å²) in [6, 6.07) is 7.22. The van der Waals surface area contributed by atoms with Gasteiger partial charge in [-0.3, -0.25) is 14.9 Å². The zero-order valence-electron chi connectivity index (χ0n) is 10.3. The average Bonchev–Trinajstić information content (AvgIpc) is 2.29. The largest absolute Gasteiger partial charge is 0.368 e. The fraction of sp³-hybridized carbons (Fsp3) is 0.333. The zero-order chi connectivity index (χ0) is 13.8. The first-order valence-electron chi connectivity index (χ1n) is 5.41. The van der Waals surface area contributed by atoms with E-state index in [0.717, 1.165) is 4.47 Å². The third-order valence-corrected chi connectivity index (χ3v) is 2.96. The first-order valence-corrected chi connectivity index (χ1v) is 6.21. The van der Waals surface area contributed by atoms with E-state index in [9.17, 15) is 9.59 Å². The van der Waals surface area contributed by atoms with Gasteiger partial charge in [-0.15, -0.1) is 0 Å². The third kappa shape index (κ3) is 4.46. The van der Waals surface area contributed by atoms with Crippen LogP contribution in [0.2, 0.25) is 0 Å². The number of benzene rings is 1. The van der Waals surface area contributed by atoms with Crippen molar-refractivity contribution in [1.82, 2.24) is 5.32 Å². The van der Waals surface area contributed by atoms with Crippen molar-refractivity contribution in [2.45, 2.75) is 19.4 Å². The van der Waals surface area contributed by atoms with Gasteiger partial charge in [-0.05, 0) is 38.1 Å². The summed E-state index contributed by atoms with van der Waals surface area (Å²) < 4.78 is 0.938. The van der Waals surface area contributed by atoms with Crippen molar-refractivity contribution in [3.8, 4) is 0 Å². The summed E-state index contributed by atoms with van der Waals surface area (Å²) in [4.78, 5) is 22.7. The molecule has 1 aromatic rings. The molecule has 0 heterocycles. The molecule has 0 radical (unpaired) electrons. The Labute approximate surface area is 114 Å². The van der Waals surface area contributed by atoms with Gasteiger partial charge in [0.2, 0.25) is 11.8 Å². The monoisotopic (exact) mass is 313 g/mol. The highest BCUT2D eigenvalue weighted by Gasteiger charge is 2.24. The topological polar surface area (TPSA) is 84.2 Å². The van der Waals surface area contributed by atoms with Gasteiger partial charge < -0.3 is 11.1 Å². The maximum absolute atomic E-state index is 11.6. The number of hydrogen-bond acceptors (Lipinski definition) is 3. The Bertz CT molecular complexity index is 443. The van der Waals surface area contributed by atoms with Crippen molar-refractivity contribution in [2.24, 2.45) is 5.73 Å². The maximum atomic E-state index is 11.6. The summed E-state index contributed by atoms with van der Waals surface area (Å²) in [5.74, 6) is -0.731. The lowest BCUT2D eigenvalue weighted by molar-refractivity contribution is -0.123. The molecule has 0 aromatic heterocycles. The molecule has 0 fully saturated rings. The highest BCUT2D eigenvalue weighted by molar-refractivity contribution is 9.10. The first kappa shape index (κ1) is 14.7. The van der Waals surface area contributed by atoms with E-state index < -0.39 is 11.4 Å². The number of carbonyl (C=O) groups is 2. The van der Waals surface area contributed by atoms with E-state index >= 15 is 0 Å². The second-order valence-electron chi connectivity index (χ2n) is 4.40. The molecule has 18 heavy (non-hydrogen) atoms. The van der Waals surface area contributed by atoms with Gasteiger partial charge in [-0.25, -0.2) is 0 Å². The van der Waals surface area contributed by atoms with E-state index in [-0.39, 0.29) is 12.5 Å². The molecule has 0 aliphatic rings. The number of rotatable bonds is 5. The molecule has 0 unspecified atom stereocenters. The fourth-order valence-corrected chi connectivity index (χ4v) is 1.39. The number of nitrogens with two attached hydrogens (primary N) is 1. The molecule has 0 aliphatic heterocycles. The minimum atomic E-state index is -0.906. The van der Waals surface area contributed by atoms with Crippen molar-refractivity contribution < 1.29 is 9.59 Å². The lowest BCUT2D eigenvalue weighted by atomic mass is 10.1. The van der Waals surface area contributed by atoms with Gasteiger partial charge >= 0.3 is 0 Å². The Kier molecular flexibility index (Phi) is 4.86. The van der Waals surface area contributed by atoms with E-state index in [1.807, 2.05) is 12.1 Å². The lowest BCUT2D eigenvalue weighted by Crippen LogP contribution is -2.52. The third-order valence-electron chi connectivity index (χ3n) is 2.43. The SMILES string of the molecule is CC(C)(NCC(=O)Nc1ccc(Br)cc1)C(N)=O. The van der Waals surface area contributed by atoms with E-state index in [2.05, 4.69) is 26.6 Å². The molecule has 0 atom stereocenters. The lowest BCUT2D eigenvalue weighted by Gasteiger charge is -2.21. The first-order chi connectivity index (χ1) is 8.31. The van der Waals surface area contributed by atoms with Crippen LogP contribution in [-0.4, -0.2) is 23.9 Å². The maximum Gasteiger partial charge on any atom is 0.238 e. The summed E-state index contributed by atoms with van der Waals surface area (Å²) in [6.07, 6.45) is 0. The fourth-order valence-electron chi connectivity index (χ4n) is 1.13. The molecule has 2 amide bonds. The molecule has 6 heteroatoms. The van der Waals surface area contributed by atoms with Crippen molar-refractivity contribution >= 4 is 33.4 Å². The van der Waals surface area contributed by atoms with Crippen LogP contribution in [0.25, 0.3) is 0 Å². The molecular weight excluding hydrogens is 298 g/mol.